The van der Waals surface area contributed by atoms with Gasteiger partial charge in [0.15, 0.2) is 5.65 Å². The van der Waals surface area contributed by atoms with Gasteiger partial charge in [-0.05, 0) is 31.2 Å². The normalized spacial score (nSPS) is 18.1. The molecule has 10 heteroatoms. The first kappa shape index (κ1) is 25.4. The second-order valence-corrected chi connectivity index (χ2v) is 8.71. The van der Waals surface area contributed by atoms with Crippen molar-refractivity contribution in [1.82, 2.24) is 29.5 Å². The molecule has 190 valence electrons. The lowest BCUT2D eigenvalue weighted by Crippen LogP contribution is -2.50. The maximum Gasteiger partial charge on any atom is 0.246 e. The van der Waals surface area contributed by atoms with Gasteiger partial charge < -0.3 is 25.0 Å². The zero-order valence-corrected chi connectivity index (χ0v) is 21.3. The van der Waals surface area contributed by atoms with Crippen LogP contribution in [0.2, 0.25) is 0 Å². The lowest BCUT2D eigenvalue weighted by Gasteiger charge is -2.38. The Morgan fingerprint density at radius 2 is 2.03 bits per heavy atom. The van der Waals surface area contributed by atoms with E-state index in [1.807, 2.05) is 22.9 Å². The van der Waals surface area contributed by atoms with E-state index in [0.717, 1.165) is 25.2 Å². The van der Waals surface area contributed by atoms with Crippen molar-refractivity contribution in [3.05, 3.63) is 47.7 Å². The molecule has 3 heterocycles. The molecular formula is C26H33N7O3. The Bertz CT molecular complexity index is 1260. The van der Waals surface area contributed by atoms with E-state index in [2.05, 4.69) is 40.6 Å². The molecule has 36 heavy (non-hydrogen) atoms. The standard InChI is InChI=1S/C26H33N7O3/c1-5-31(6-2)11-7-8-23(34)32-15-19(16-32)33-26-24(25(27)28-17-29-26)22(30-33)10-9-18-12-20(35-3)14-21(13-18)36-4/h7-8,12,14,17,19,21H,5-6,11,13,15-16H2,1-4H3,(H2,27,28,29)/b8-7+. The number of likely N-dealkylation sites (tertiary alicyclic amines) is 1. The summed E-state index contributed by atoms with van der Waals surface area (Å²) < 4.78 is 12.6. The zero-order valence-electron chi connectivity index (χ0n) is 21.3. The van der Waals surface area contributed by atoms with E-state index in [-0.39, 0.29) is 18.1 Å². The van der Waals surface area contributed by atoms with Crippen LogP contribution in [-0.2, 0) is 14.3 Å². The maximum atomic E-state index is 12.6. The molecule has 0 aromatic carbocycles. The highest BCUT2D eigenvalue weighted by atomic mass is 16.5. The van der Waals surface area contributed by atoms with E-state index < -0.39 is 0 Å². The second-order valence-electron chi connectivity index (χ2n) is 8.71. The minimum absolute atomic E-state index is 0.00274. The summed E-state index contributed by atoms with van der Waals surface area (Å²) in [6.45, 7) is 7.99. The summed E-state index contributed by atoms with van der Waals surface area (Å²) in [5, 5.41) is 5.35. The molecule has 4 rings (SSSR count). The SMILES string of the molecule is CCN(CC)C/C=C/C(=O)N1CC(n2nc(C#CC3=CC(OC)=CC(OC)C3)c3c(N)ncnc32)C1. The number of hydrogen-bond donors (Lipinski definition) is 1. The first-order valence-electron chi connectivity index (χ1n) is 12.1. The van der Waals surface area contributed by atoms with Crippen LogP contribution in [0.4, 0.5) is 5.82 Å². The van der Waals surface area contributed by atoms with Gasteiger partial charge in [0.1, 0.15) is 23.6 Å². The van der Waals surface area contributed by atoms with Crippen LogP contribution in [0.3, 0.4) is 0 Å². The quantitative estimate of drug-likeness (QED) is 0.440. The first-order chi connectivity index (χ1) is 17.5. The third kappa shape index (κ3) is 5.42. The predicted molar refractivity (Wildman–Crippen MR) is 138 cm³/mol. The van der Waals surface area contributed by atoms with E-state index in [9.17, 15) is 4.79 Å². The number of nitrogens with two attached hydrogens (primary N) is 1. The fourth-order valence-corrected chi connectivity index (χ4v) is 4.26. The van der Waals surface area contributed by atoms with Gasteiger partial charge in [0.2, 0.25) is 5.91 Å². The molecule has 1 unspecified atom stereocenters. The minimum atomic E-state index is -0.100. The van der Waals surface area contributed by atoms with Crippen LogP contribution in [0, 0.1) is 11.8 Å². The number of carbonyl (C=O) groups is 1. The molecule has 1 aliphatic heterocycles. The van der Waals surface area contributed by atoms with Gasteiger partial charge in [-0.25, -0.2) is 14.6 Å². The van der Waals surface area contributed by atoms with Gasteiger partial charge in [0, 0.05) is 44.8 Å². The summed E-state index contributed by atoms with van der Waals surface area (Å²) in [5.41, 5.74) is 8.19. The number of nitrogens with zero attached hydrogens (tertiary/aromatic N) is 6. The van der Waals surface area contributed by atoms with E-state index in [1.54, 1.807) is 25.2 Å². The van der Waals surface area contributed by atoms with Crippen LogP contribution < -0.4 is 5.73 Å². The third-order valence-electron chi connectivity index (χ3n) is 6.52. The summed E-state index contributed by atoms with van der Waals surface area (Å²) in [4.78, 5) is 25.2. The average molecular weight is 492 g/mol. The molecule has 0 radical (unpaired) electrons. The zero-order chi connectivity index (χ0) is 25.7. The number of allylic oxidation sites excluding steroid dienone is 1. The molecule has 0 saturated carbocycles. The van der Waals surface area contributed by atoms with Gasteiger partial charge in [0.25, 0.3) is 0 Å². The molecule has 1 atom stereocenters. The molecule has 1 amide bonds. The van der Waals surface area contributed by atoms with Crippen molar-refractivity contribution < 1.29 is 14.3 Å². The molecule has 1 fully saturated rings. The fraction of sp³-hybridized carbons (Fsp3) is 0.462. The smallest absolute Gasteiger partial charge is 0.246 e. The van der Waals surface area contributed by atoms with Crippen LogP contribution in [-0.4, -0.2) is 88.5 Å². The molecular weight excluding hydrogens is 458 g/mol. The number of fused-ring (bicyclic) bond motifs is 1. The minimum Gasteiger partial charge on any atom is -0.497 e. The maximum absolute atomic E-state index is 12.6. The summed E-state index contributed by atoms with van der Waals surface area (Å²) in [6.07, 6.45) is 9.35. The third-order valence-corrected chi connectivity index (χ3v) is 6.52. The number of methoxy groups -OCH3 is 2. The van der Waals surface area contributed by atoms with Gasteiger partial charge >= 0.3 is 0 Å². The first-order valence-corrected chi connectivity index (χ1v) is 12.1. The summed E-state index contributed by atoms with van der Waals surface area (Å²) in [5.74, 6) is 7.38. The summed E-state index contributed by atoms with van der Waals surface area (Å²) >= 11 is 0. The highest BCUT2D eigenvalue weighted by Crippen LogP contribution is 2.28. The van der Waals surface area contributed by atoms with E-state index in [0.29, 0.717) is 47.8 Å². The number of aromatic nitrogens is 4. The van der Waals surface area contributed by atoms with Crippen molar-refractivity contribution in [2.45, 2.75) is 32.4 Å². The van der Waals surface area contributed by atoms with Gasteiger partial charge in [-0.15, -0.1) is 0 Å². The van der Waals surface area contributed by atoms with Gasteiger partial charge in [-0.3, -0.25) is 4.79 Å². The van der Waals surface area contributed by atoms with Crippen molar-refractivity contribution in [1.29, 1.82) is 0 Å². The van der Waals surface area contributed by atoms with E-state index in [1.165, 1.54) is 6.33 Å². The number of likely N-dealkylation sites (N-methyl/N-ethyl adjacent to an activating group) is 1. The summed E-state index contributed by atoms with van der Waals surface area (Å²) in [7, 11) is 3.28. The molecule has 0 spiro atoms. The summed E-state index contributed by atoms with van der Waals surface area (Å²) in [6, 6.07) is -0.00715. The lowest BCUT2D eigenvalue weighted by atomic mass is 10.0. The Kier molecular flexibility index (Phi) is 8.03. The van der Waals surface area contributed by atoms with Crippen LogP contribution in [0.1, 0.15) is 32.0 Å². The molecule has 2 aromatic heterocycles. The monoisotopic (exact) mass is 491 g/mol. The van der Waals surface area contributed by atoms with Crippen molar-refractivity contribution in [3.8, 4) is 11.8 Å². The van der Waals surface area contributed by atoms with Crippen molar-refractivity contribution in [3.63, 3.8) is 0 Å². The predicted octanol–water partition coefficient (Wildman–Crippen LogP) is 1.92. The molecule has 0 bridgehead atoms. The Labute approximate surface area is 211 Å². The Balaban J connectivity index is 1.51. The molecule has 1 saturated heterocycles. The lowest BCUT2D eigenvalue weighted by molar-refractivity contribution is -0.131. The average Bonchev–Trinajstić information content (AvgIpc) is 3.23. The van der Waals surface area contributed by atoms with Gasteiger partial charge in [0.05, 0.1) is 24.6 Å². The molecule has 2 N–H and O–H groups in total. The molecule has 2 aromatic rings. The molecule has 10 nitrogen and oxygen atoms in total. The van der Waals surface area contributed by atoms with E-state index in [4.69, 9.17) is 20.3 Å². The van der Waals surface area contributed by atoms with Crippen LogP contribution in [0.15, 0.2) is 42.0 Å². The molecule has 1 aliphatic carbocycles. The fourth-order valence-electron chi connectivity index (χ4n) is 4.26. The largest absolute Gasteiger partial charge is 0.497 e. The van der Waals surface area contributed by atoms with E-state index >= 15 is 0 Å². The van der Waals surface area contributed by atoms with Gasteiger partial charge in [-0.1, -0.05) is 25.8 Å². The number of ether oxygens (including phenoxy) is 2. The number of nitrogen functional groups attached to an aromatic ring is 1. The van der Waals surface area contributed by atoms with Crippen molar-refractivity contribution in [2.24, 2.45) is 0 Å². The number of rotatable bonds is 8. The Hall–Kier alpha value is -3.68. The highest BCUT2D eigenvalue weighted by Gasteiger charge is 2.33. The second kappa shape index (κ2) is 11.4. The van der Waals surface area contributed by atoms with Crippen molar-refractivity contribution in [2.75, 3.05) is 52.7 Å². The molecule has 2 aliphatic rings. The Morgan fingerprint density at radius 3 is 2.72 bits per heavy atom. The Morgan fingerprint density at radius 1 is 1.25 bits per heavy atom. The van der Waals surface area contributed by atoms with Crippen LogP contribution in [0.25, 0.3) is 11.0 Å². The van der Waals surface area contributed by atoms with Crippen molar-refractivity contribution >= 4 is 22.8 Å². The van der Waals surface area contributed by atoms with Crippen LogP contribution >= 0.6 is 0 Å². The van der Waals surface area contributed by atoms with Crippen LogP contribution in [0.5, 0.6) is 0 Å². The number of anilines is 1. The number of amides is 1. The topological polar surface area (TPSA) is 112 Å². The number of carbonyl (C=O) groups excluding carboxylic acids is 1. The number of hydrogen-bond acceptors (Lipinski definition) is 8. The van der Waals surface area contributed by atoms with Gasteiger partial charge in [-0.2, -0.15) is 5.10 Å². The highest BCUT2D eigenvalue weighted by molar-refractivity contribution is 5.91.